The molecule has 2 rings (SSSR count). The van der Waals surface area contributed by atoms with E-state index in [9.17, 15) is 27.5 Å². The van der Waals surface area contributed by atoms with Gasteiger partial charge in [-0.25, -0.2) is 17.6 Å². The molecule has 1 atom stereocenters. The van der Waals surface area contributed by atoms with E-state index in [0.29, 0.717) is 0 Å². The Morgan fingerprint density at radius 2 is 1.95 bits per heavy atom. The summed E-state index contributed by atoms with van der Waals surface area (Å²) in [6, 6.07) is 5.82. The van der Waals surface area contributed by atoms with Gasteiger partial charge in [-0.2, -0.15) is 10.1 Å². The Bertz CT molecular complexity index is 596. The van der Waals surface area contributed by atoms with Crippen molar-refractivity contribution in [1.82, 2.24) is 5.01 Å². The molecule has 4 nitrogen and oxygen atoms in total. The van der Waals surface area contributed by atoms with Gasteiger partial charge in [-0.3, -0.25) is 4.79 Å². The molecule has 0 radical (unpaired) electrons. The lowest BCUT2D eigenvalue weighted by atomic mass is 10.1. The van der Waals surface area contributed by atoms with Crippen LogP contribution < -0.4 is 0 Å². The predicted molar refractivity (Wildman–Crippen MR) is 69.3 cm³/mol. The summed E-state index contributed by atoms with van der Waals surface area (Å²) in [5.41, 5.74) is -4.10. The van der Waals surface area contributed by atoms with Gasteiger partial charge in [0.1, 0.15) is 5.71 Å². The summed E-state index contributed by atoms with van der Waals surface area (Å²) in [5.74, 6) is -1.10. The van der Waals surface area contributed by atoms with Crippen molar-refractivity contribution in [1.29, 1.82) is 0 Å². The van der Waals surface area contributed by atoms with Crippen molar-refractivity contribution >= 4 is 27.5 Å². The van der Waals surface area contributed by atoms with E-state index in [1.165, 1.54) is 18.2 Å². The molecule has 0 bridgehead atoms. The molecule has 0 aromatic heterocycles. The van der Waals surface area contributed by atoms with Crippen molar-refractivity contribution in [3.8, 4) is 0 Å². The molecule has 0 fully saturated rings. The fourth-order valence-electron chi connectivity index (χ4n) is 1.85. The number of hydrogen-bond acceptors (Lipinski definition) is 3. The second kappa shape index (κ2) is 5.72. The van der Waals surface area contributed by atoms with Crippen LogP contribution in [0.5, 0.6) is 0 Å². The maximum Gasteiger partial charge on any atom is 0.287 e. The minimum Gasteiger partial charge on any atom is -0.364 e. The van der Waals surface area contributed by atoms with Gasteiger partial charge in [-0.05, 0) is 28.1 Å². The van der Waals surface area contributed by atoms with Crippen LogP contribution in [-0.2, 0) is 0 Å². The number of aliphatic hydroxyl groups is 1. The van der Waals surface area contributed by atoms with Crippen LogP contribution in [0.15, 0.2) is 33.8 Å². The Balaban J connectivity index is 2.43. The first kappa shape index (κ1) is 15.9. The molecule has 1 aromatic rings. The van der Waals surface area contributed by atoms with E-state index in [-0.39, 0.29) is 15.0 Å². The predicted octanol–water partition coefficient (Wildman–Crippen LogP) is 2.87. The summed E-state index contributed by atoms with van der Waals surface area (Å²) in [7, 11) is 0. The number of rotatable bonds is 3. The Hall–Kier alpha value is -1.48. The van der Waals surface area contributed by atoms with Crippen LogP contribution in [0, 0.1) is 0 Å². The molecule has 1 N–H and O–H groups in total. The Morgan fingerprint density at radius 3 is 2.48 bits per heavy atom. The first-order valence-corrected chi connectivity index (χ1v) is 6.52. The van der Waals surface area contributed by atoms with E-state index in [1.807, 2.05) is 0 Å². The normalized spacial score (nSPS) is 22.1. The molecule has 0 aliphatic carbocycles. The van der Waals surface area contributed by atoms with Crippen LogP contribution in [0.2, 0.25) is 0 Å². The summed E-state index contributed by atoms with van der Waals surface area (Å²) in [4.78, 5) is 12.2. The van der Waals surface area contributed by atoms with E-state index in [1.54, 1.807) is 6.07 Å². The lowest BCUT2D eigenvalue weighted by Crippen LogP contribution is -2.51. The maximum atomic E-state index is 13.0. The van der Waals surface area contributed by atoms with Gasteiger partial charge in [-0.1, -0.05) is 12.1 Å². The third-order valence-corrected chi connectivity index (χ3v) is 3.63. The van der Waals surface area contributed by atoms with Crippen LogP contribution in [0.1, 0.15) is 16.8 Å². The average molecular weight is 369 g/mol. The highest BCUT2D eigenvalue weighted by atomic mass is 79.9. The molecule has 0 saturated heterocycles. The summed E-state index contributed by atoms with van der Waals surface area (Å²) < 4.78 is 51.6. The van der Waals surface area contributed by atoms with E-state index in [2.05, 4.69) is 21.0 Å². The standard InChI is InChI=1S/C12H9BrF4N2O2/c13-7-4-2-1-3-6(7)10(20)19-12(21,11(16)17)5-8(18-19)9(14)15/h1-4,9,11,21H,5H2/t12-/m0/s1. The zero-order chi connectivity index (χ0) is 15.8. The largest absolute Gasteiger partial charge is 0.364 e. The van der Waals surface area contributed by atoms with Gasteiger partial charge < -0.3 is 5.11 Å². The highest BCUT2D eigenvalue weighted by molar-refractivity contribution is 9.10. The number of carbonyl (C=O) groups is 1. The number of amides is 1. The summed E-state index contributed by atoms with van der Waals surface area (Å²) in [6.45, 7) is 0. The molecule has 1 aliphatic rings. The third kappa shape index (κ3) is 2.80. The van der Waals surface area contributed by atoms with Crippen molar-refractivity contribution < 1.29 is 27.5 Å². The number of hydrogen-bond donors (Lipinski definition) is 1. The van der Waals surface area contributed by atoms with Crippen LogP contribution in [0.25, 0.3) is 0 Å². The molecule has 0 spiro atoms. The van der Waals surface area contributed by atoms with Crippen molar-refractivity contribution in [3.63, 3.8) is 0 Å². The molecule has 114 valence electrons. The third-order valence-electron chi connectivity index (χ3n) is 2.93. The van der Waals surface area contributed by atoms with Gasteiger partial charge >= 0.3 is 0 Å². The summed E-state index contributed by atoms with van der Waals surface area (Å²) >= 11 is 3.05. The van der Waals surface area contributed by atoms with E-state index < -0.39 is 36.6 Å². The van der Waals surface area contributed by atoms with Gasteiger partial charge in [0.15, 0.2) is 0 Å². The van der Waals surface area contributed by atoms with Gasteiger partial charge in [0.2, 0.25) is 5.72 Å². The SMILES string of the molecule is O=C(c1ccccc1Br)N1N=C(C(F)F)C[C@]1(O)C(F)F. The monoisotopic (exact) mass is 368 g/mol. The van der Waals surface area contributed by atoms with Gasteiger partial charge in [-0.15, -0.1) is 0 Å². The van der Waals surface area contributed by atoms with E-state index in [0.717, 1.165) is 0 Å². The summed E-state index contributed by atoms with van der Waals surface area (Å²) in [6.07, 6.45) is -7.67. The maximum absolute atomic E-state index is 13.0. The van der Waals surface area contributed by atoms with E-state index >= 15 is 0 Å². The number of alkyl halides is 4. The molecule has 9 heteroatoms. The fraction of sp³-hybridized carbons (Fsp3) is 0.333. The molecule has 1 aromatic carbocycles. The highest BCUT2D eigenvalue weighted by Crippen LogP contribution is 2.35. The second-order valence-corrected chi connectivity index (χ2v) is 5.20. The number of benzene rings is 1. The lowest BCUT2D eigenvalue weighted by molar-refractivity contribution is -0.164. The molecule has 1 aliphatic heterocycles. The number of nitrogens with zero attached hydrogens (tertiary/aromatic N) is 2. The first-order valence-electron chi connectivity index (χ1n) is 5.72. The molecule has 0 saturated carbocycles. The molecular formula is C12H9BrF4N2O2. The van der Waals surface area contributed by atoms with Crippen LogP contribution >= 0.6 is 15.9 Å². The Morgan fingerprint density at radius 1 is 1.33 bits per heavy atom. The number of halogens is 5. The number of hydrazone groups is 1. The second-order valence-electron chi connectivity index (χ2n) is 4.34. The van der Waals surface area contributed by atoms with Crippen LogP contribution in [0.3, 0.4) is 0 Å². The fourth-order valence-corrected chi connectivity index (χ4v) is 2.31. The van der Waals surface area contributed by atoms with Crippen LogP contribution in [-0.4, -0.2) is 40.3 Å². The van der Waals surface area contributed by atoms with Crippen molar-refractivity contribution in [3.05, 3.63) is 34.3 Å². The zero-order valence-electron chi connectivity index (χ0n) is 10.3. The molecular weight excluding hydrogens is 360 g/mol. The quantitative estimate of drug-likeness (QED) is 0.834. The highest BCUT2D eigenvalue weighted by Gasteiger charge is 2.53. The molecule has 0 unspecified atom stereocenters. The van der Waals surface area contributed by atoms with Gasteiger partial charge in [0, 0.05) is 10.9 Å². The smallest absolute Gasteiger partial charge is 0.287 e. The minimum atomic E-state index is -3.44. The molecule has 1 amide bonds. The lowest BCUT2D eigenvalue weighted by Gasteiger charge is -2.30. The Labute approximate surface area is 125 Å². The minimum absolute atomic E-state index is 0.0270. The zero-order valence-corrected chi connectivity index (χ0v) is 11.9. The van der Waals surface area contributed by atoms with Crippen LogP contribution in [0.4, 0.5) is 17.6 Å². The van der Waals surface area contributed by atoms with Crippen molar-refractivity contribution in [2.75, 3.05) is 0 Å². The van der Waals surface area contributed by atoms with Crippen molar-refractivity contribution in [2.45, 2.75) is 25.0 Å². The number of carbonyl (C=O) groups excluding carboxylic acids is 1. The Kier molecular flexibility index (Phi) is 4.33. The summed E-state index contributed by atoms with van der Waals surface area (Å²) in [5, 5.41) is 13.1. The average Bonchev–Trinajstić information content (AvgIpc) is 2.78. The molecule has 21 heavy (non-hydrogen) atoms. The molecule has 1 heterocycles. The van der Waals surface area contributed by atoms with Crippen molar-refractivity contribution in [2.24, 2.45) is 5.10 Å². The van der Waals surface area contributed by atoms with E-state index in [4.69, 9.17) is 0 Å². The first-order chi connectivity index (χ1) is 9.77. The topological polar surface area (TPSA) is 52.9 Å². The van der Waals surface area contributed by atoms with Gasteiger partial charge in [0.05, 0.1) is 5.56 Å². The van der Waals surface area contributed by atoms with Gasteiger partial charge in [0.25, 0.3) is 18.8 Å².